The molecule has 0 radical (unpaired) electrons. The Bertz CT molecular complexity index is 1800. The lowest BCUT2D eigenvalue weighted by molar-refractivity contribution is -0.111. The molecule has 0 saturated carbocycles. The number of nitrogens with zero attached hydrogens (tertiary/aromatic N) is 2. The van der Waals surface area contributed by atoms with Crippen LogP contribution in [0.15, 0.2) is 89.2 Å². The van der Waals surface area contributed by atoms with Gasteiger partial charge in [-0.3, -0.25) is 14.2 Å². The molecule has 0 bridgehead atoms. The summed E-state index contributed by atoms with van der Waals surface area (Å²) in [5, 5.41) is 12.8. The maximum Gasteiger partial charge on any atom is 0.274 e. The number of aromatic nitrogens is 1. The summed E-state index contributed by atoms with van der Waals surface area (Å²) in [5.74, 6) is -3.18. The Morgan fingerprint density at radius 3 is 2.32 bits per heavy atom. The second-order valence-corrected chi connectivity index (χ2v) is 9.21. The van der Waals surface area contributed by atoms with E-state index in [9.17, 15) is 19.2 Å². The number of para-hydroxylation sites is 1. The van der Waals surface area contributed by atoms with E-state index < -0.39 is 29.0 Å². The van der Waals surface area contributed by atoms with E-state index in [0.29, 0.717) is 5.69 Å². The Labute approximate surface area is 213 Å². The van der Waals surface area contributed by atoms with Crippen molar-refractivity contribution in [2.24, 2.45) is 5.73 Å². The van der Waals surface area contributed by atoms with Gasteiger partial charge in [-0.2, -0.15) is 5.26 Å². The zero-order valence-electron chi connectivity index (χ0n) is 19.1. The number of nitriles is 1. The summed E-state index contributed by atoms with van der Waals surface area (Å²) >= 11 is 0.917. The molecule has 1 aromatic heterocycles. The molecule has 1 amide bonds. The van der Waals surface area contributed by atoms with Gasteiger partial charge in [0.15, 0.2) is 0 Å². The number of nitrogens with one attached hydrogen (secondary N) is 1. The molecule has 182 valence electrons. The summed E-state index contributed by atoms with van der Waals surface area (Å²) in [4.78, 5) is 27.1. The summed E-state index contributed by atoms with van der Waals surface area (Å²) in [6.45, 7) is 0. The van der Waals surface area contributed by atoms with E-state index in [4.69, 9.17) is 5.73 Å². The third-order valence-electron chi connectivity index (χ3n) is 5.95. The van der Waals surface area contributed by atoms with Gasteiger partial charge in [0.2, 0.25) is 0 Å². The minimum atomic E-state index is -1.17. The molecule has 4 aromatic rings. The van der Waals surface area contributed by atoms with Gasteiger partial charge in [0, 0.05) is 16.8 Å². The fourth-order valence-electron chi connectivity index (χ4n) is 4.24. The summed E-state index contributed by atoms with van der Waals surface area (Å²) in [6, 6.07) is 22.3. The minimum absolute atomic E-state index is 0.0185. The number of thiazole rings is 1. The van der Waals surface area contributed by atoms with Crippen LogP contribution in [0.25, 0.3) is 17.5 Å². The predicted molar refractivity (Wildman–Crippen MR) is 138 cm³/mol. The van der Waals surface area contributed by atoms with Crippen molar-refractivity contribution in [2.45, 2.75) is 5.92 Å². The van der Waals surface area contributed by atoms with Crippen LogP contribution in [0.1, 0.15) is 17.0 Å². The van der Waals surface area contributed by atoms with Crippen LogP contribution in [-0.2, 0) is 4.79 Å². The number of amides is 1. The first-order valence-electron chi connectivity index (χ1n) is 11.1. The van der Waals surface area contributed by atoms with Crippen LogP contribution in [0, 0.1) is 23.0 Å². The molecule has 3 aromatic carbocycles. The van der Waals surface area contributed by atoms with Gasteiger partial charge in [0.25, 0.3) is 11.5 Å². The van der Waals surface area contributed by atoms with Crippen molar-refractivity contribution in [3.05, 3.63) is 127 Å². The van der Waals surface area contributed by atoms with Crippen molar-refractivity contribution >= 4 is 40.4 Å². The highest BCUT2D eigenvalue weighted by molar-refractivity contribution is 7.07. The average Bonchev–Trinajstić information content (AvgIpc) is 3.22. The van der Waals surface area contributed by atoms with Gasteiger partial charge in [0.1, 0.15) is 22.1 Å². The lowest BCUT2D eigenvalue weighted by atomic mass is 9.83. The van der Waals surface area contributed by atoms with E-state index in [1.54, 1.807) is 42.5 Å². The first-order valence-corrected chi connectivity index (χ1v) is 12.0. The summed E-state index contributed by atoms with van der Waals surface area (Å²) in [5.41, 5.74) is 6.22. The number of nitrogens with two attached hydrogens (primary N) is 1. The standard InChI is InChI=1S/C28H18F2N4O2S/c29-20-12-6-4-8-16(20)14-22-27(36)34-25(32)19(15-31)23(18-11-5-7-13-21(18)30)24(28(34)37-22)26(35)33-17-9-2-1-3-10-17/h1-14,23H,32H2,(H,33,35)/b22-14-. The maximum absolute atomic E-state index is 15.0. The molecule has 3 N–H and O–H groups in total. The number of hydrogen-bond acceptors (Lipinski definition) is 5. The molecule has 5 rings (SSSR count). The summed E-state index contributed by atoms with van der Waals surface area (Å²) < 4.78 is 30.7. The Morgan fingerprint density at radius 1 is 1.00 bits per heavy atom. The number of allylic oxidation sites excluding steroid dienone is 1. The molecule has 0 fully saturated rings. The van der Waals surface area contributed by atoms with Crippen molar-refractivity contribution in [1.29, 1.82) is 5.26 Å². The van der Waals surface area contributed by atoms with Crippen molar-refractivity contribution in [2.75, 3.05) is 5.32 Å². The first kappa shape index (κ1) is 23.9. The van der Waals surface area contributed by atoms with Gasteiger partial charge in [-0.25, -0.2) is 8.78 Å². The van der Waals surface area contributed by atoms with Crippen LogP contribution < -0.4 is 25.8 Å². The monoisotopic (exact) mass is 512 g/mol. The molecule has 0 aliphatic carbocycles. The lowest BCUT2D eigenvalue weighted by Crippen LogP contribution is -2.41. The molecular weight excluding hydrogens is 494 g/mol. The van der Waals surface area contributed by atoms with Crippen LogP contribution in [0.3, 0.4) is 0 Å². The second kappa shape index (κ2) is 9.68. The van der Waals surface area contributed by atoms with Crippen LogP contribution in [0.4, 0.5) is 14.5 Å². The van der Waals surface area contributed by atoms with Gasteiger partial charge < -0.3 is 11.1 Å². The topological polar surface area (TPSA) is 101 Å². The minimum Gasteiger partial charge on any atom is -0.384 e. The van der Waals surface area contributed by atoms with E-state index in [0.717, 1.165) is 15.9 Å². The summed E-state index contributed by atoms with van der Waals surface area (Å²) in [6.07, 6.45) is 1.36. The quantitative estimate of drug-likeness (QED) is 0.438. The average molecular weight is 513 g/mol. The smallest absolute Gasteiger partial charge is 0.274 e. The first-order chi connectivity index (χ1) is 17.9. The van der Waals surface area contributed by atoms with Crippen LogP contribution in [0.2, 0.25) is 0 Å². The van der Waals surface area contributed by atoms with Crippen molar-refractivity contribution in [3.63, 3.8) is 0 Å². The Kier molecular flexibility index (Phi) is 6.26. The Balaban J connectivity index is 1.85. The van der Waals surface area contributed by atoms with E-state index in [1.807, 2.05) is 6.07 Å². The number of benzene rings is 3. The predicted octanol–water partition coefficient (Wildman–Crippen LogP) is 3.25. The fourth-order valence-corrected chi connectivity index (χ4v) is 5.41. The normalized spacial score (nSPS) is 15.3. The van der Waals surface area contributed by atoms with Crippen LogP contribution >= 0.6 is 11.3 Å². The van der Waals surface area contributed by atoms with Crippen molar-refractivity contribution in [3.8, 4) is 6.07 Å². The third-order valence-corrected chi connectivity index (χ3v) is 7.06. The molecule has 2 heterocycles. The third kappa shape index (κ3) is 4.24. The number of carbonyl (C=O) groups is 1. The Hall–Kier alpha value is -4.81. The Morgan fingerprint density at radius 2 is 1.65 bits per heavy atom. The molecule has 1 atom stereocenters. The van der Waals surface area contributed by atoms with Gasteiger partial charge >= 0.3 is 0 Å². The molecule has 1 unspecified atom stereocenters. The molecule has 9 heteroatoms. The van der Waals surface area contributed by atoms with Gasteiger partial charge in [-0.15, -0.1) is 11.3 Å². The maximum atomic E-state index is 15.0. The molecule has 1 aliphatic heterocycles. The van der Waals surface area contributed by atoms with E-state index in [-0.39, 0.29) is 37.3 Å². The molecule has 6 nitrogen and oxygen atoms in total. The number of fused-ring (bicyclic) bond motifs is 1. The van der Waals surface area contributed by atoms with E-state index >= 15 is 4.39 Å². The van der Waals surface area contributed by atoms with Gasteiger partial charge in [-0.1, -0.05) is 54.6 Å². The number of anilines is 1. The highest BCUT2D eigenvalue weighted by Gasteiger charge is 2.37. The zero-order valence-corrected chi connectivity index (χ0v) is 19.9. The highest BCUT2D eigenvalue weighted by Crippen LogP contribution is 2.37. The molecule has 0 spiro atoms. The summed E-state index contributed by atoms with van der Waals surface area (Å²) in [7, 11) is 0. The number of carbonyl (C=O) groups excluding carboxylic acids is 1. The van der Waals surface area contributed by atoms with Crippen LogP contribution in [0.5, 0.6) is 0 Å². The fraction of sp³-hybridized carbons (Fsp3) is 0.0357. The zero-order chi connectivity index (χ0) is 26.1. The van der Waals surface area contributed by atoms with Crippen LogP contribution in [-0.4, -0.2) is 10.5 Å². The molecule has 37 heavy (non-hydrogen) atoms. The largest absolute Gasteiger partial charge is 0.384 e. The van der Waals surface area contributed by atoms with Crippen molar-refractivity contribution in [1.82, 2.24) is 4.57 Å². The van der Waals surface area contributed by atoms with Gasteiger partial charge in [-0.05, 0) is 30.3 Å². The molecule has 1 aliphatic rings. The lowest BCUT2D eigenvalue weighted by Gasteiger charge is -2.25. The molecule has 0 saturated heterocycles. The second-order valence-electron chi connectivity index (χ2n) is 8.18. The van der Waals surface area contributed by atoms with E-state index in [1.165, 1.54) is 42.5 Å². The number of rotatable bonds is 4. The molecular formula is C28H18F2N4O2S. The number of hydrogen-bond donors (Lipinski definition) is 2. The highest BCUT2D eigenvalue weighted by atomic mass is 32.1. The number of halogens is 2. The van der Waals surface area contributed by atoms with Gasteiger partial charge in [0.05, 0.1) is 27.7 Å². The van der Waals surface area contributed by atoms with Crippen molar-refractivity contribution < 1.29 is 13.6 Å². The SMILES string of the molecule is N#CC1=C(N)n2c(s/c(=C\c3ccccc3F)c2=O)=C(C(=O)Nc2ccccc2)C1c1ccccc1F. The van der Waals surface area contributed by atoms with E-state index in [2.05, 4.69) is 5.32 Å².